The quantitative estimate of drug-likeness (QED) is 0.864. The van der Waals surface area contributed by atoms with Gasteiger partial charge < -0.3 is 10.2 Å². The normalized spacial score (nSPS) is 14.6. The zero-order valence-electron chi connectivity index (χ0n) is 9.24. The monoisotopic (exact) mass is 298 g/mol. The van der Waals surface area contributed by atoms with Crippen molar-refractivity contribution in [3.63, 3.8) is 0 Å². The van der Waals surface area contributed by atoms with Crippen LogP contribution in [-0.4, -0.2) is 23.1 Å². The van der Waals surface area contributed by atoms with Crippen LogP contribution in [0.5, 0.6) is 0 Å². The average Bonchev–Trinajstić information content (AvgIpc) is 3.01. The molecule has 0 amide bonds. The van der Waals surface area contributed by atoms with Crippen LogP contribution in [-0.2, 0) is 6.54 Å². The molecule has 2 nitrogen and oxygen atoms in total. The number of nitrogens with zero attached hydrogens (tertiary/aromatic N) is 1. The zero-order valence-corrected chi connectivity index (χ0v) is 11.6. The summed E-state index contributed by atoms with van der Waals surface area (Å²) in [6, 6.07) is 8.93. The second kappa shape index (κ2) is 5.15. The summed E-state index contributed by atoms with van der Waals surface area (Å²) in [6.45, 7) is 0.845. The van der Waals surface area contributed by atoms with Crippen molar-refractivity contribution < 1.29 is 0 Å². The Morgan fingerprint density at radius 2 is 2.31 bits per heavy atom. The molecule has 1 aromatic carbocycles. The first kappa shape index (κ1) is 11.9. The van der Waals surface area contributed by atoms with Gasteiger partial charge in [-0.05, 0) is 42.8 Å². The van der Waals surface area contributed by atoms with Gasteiger partial charge in [0.25, 0.3) is 0 Å². The molecule has 1 aliphatic carbocycles. The number of hydrogen-bond acceptors (Lipinski definition) is 1. The van der Waals surface area contributed by atoms with Crippen LogP contribution in [0.15, 0.2) is 28.7 Å². The van der Waals surface area contributed by atoms with Crippen LogP contribution >= 0.6 is 28.1 Å². The van der Waals surface area contributed by atoms with E-state index in [9.17, 15) is 0 Å². The Morgan fingerprint density at radius 1 is 1.56 bits per heavy atom. The van der Waals surface area contributed by atoms with E-state index in [0.29, 0.717) is 6.04 Å². The van der Waals surface area contributed by atoms with Gasteiger partial charge in [-0.15, -0.1) is 0 Å². The summed E-state index contributed by atoms with van der Waals surface area (Å²) in [5.41, 5.74) is 1.26. The summed E-state index contributed by atoms with van der Waals surface area (Å²) < 4.78 is 1.11. The lowest BCUT2D eigenvalue weighted by molar-refractivity contribution is 0.488. The molecule has 1 N–H and O–H groups in total. The van der Waals surface area contributed by atoms with Crippen molar-refractivity contribution in [1.82, 2.24) is 10.2 Å². The molecule has 1 aromatic rings. The fourth-order valence-electron chi connectivity index (χ4n) is 1.49. The molecule has 4 heteroatoms. The van der Waals surface area contributed by atoms with Crippen LogP contribution in [0.3, 0.4) is 0 Å². The molecule has 0 heterocycles. The van der Waals surface area contributed by atoms with E-state index in [0.717, 1.165) is 16.1 Å². The van der Waals surface area contributed by atoms with Gasteiger partial charge >= 0.3 is 0 Å². The molecule has 1 aliphatic rings. The molecule has 16 heavy (non-hydrogen) atoms. The summed E-state index contributed by atoms with van der Waals surface area (Å²) in [4.78, 5) is 2.08. The molecule has 0 aromatic heterocycles. The van der Waals surface area contributed by atoms with Crippen molar-refractivity contribution in [2.75, 3.05) is 7.05 Å². The Labute approximate surface area is 110 Å². The largest absolute Gasteiger partial charge is 0.360 e. The average molecular weight is 299 g/mol. The van der Waals surface area contributed by atoms with E-state index in [-0.39, 0.29) is 0 Å². The molecular formula is C12H15BrN2S. The van der Waals surface area contributed by atoms with E-state index in [1.807, 2.05) is 19.2 Å². The van der Waals surface area contributed by atoms with Gasteiger partial charge in [-0.25, -0.2) is 0 Å². The van der Waals surface area contributed by atoms with Crippen molar-refractivity contribution in [3.05, 3.63) is 34.3 Å². The summed E-state index contributed by atoms with van der Waals surface area (Å²) in [7, 11) is 2.03. The number of halogens is 1. The second-order valence-corrected chi connectivity index (χ2v) is 5.51. The summed E-state index contributed by atoms with van der Waals surface area (Å²) in [5.74, 6) is 0. The number of benzene rings is 1. The van der Waals surface area contributed by atoms with Gasteiger partial charge in [0.15, 0.2) is 5.11 Å². The van der Waals surface area contributed by atoms with Gasteiger partial charge in [0.1, 0.15) is 0 Å². The van der Waals surface area contributed by atoms with Gasteiger partial charge in [0, 0.05) is 24.1 Å². The van der Waals surface area contributed by atoms with E-state index in [1.54, 1.807) is 0 Å². The summed E-state index contributed by atoms with van der Waals surface area (Å²) in [6.07, 6.45) is 2.51. The van der Waals surface area contributed by atoms with Gasteiger partial charge in [-0.3, -0.25) is 0 Å². The van der Waals surface area contributed by atoms with Crippen molar-refractivity contribution >= 4 is 33.3 Å². The smallest absolute Gasteiger partial charge is 0.169 e. The van der Waals surface area contributed by atoms with Crippen LogP contribution in [0.25, 0.3) is 0 Å². The topological polar surface area (TPSA) is 15.3 Å². The van der Waals surface area contributed by atoms with E-state index in [4.69, 9.17) is 12.2 Å². The van der Waals surface area contributed by atoms with E-state index < -0.39 is 0 Å². The lowest BCUT2D eigenvalue weighted by atomic mass is 10.2. The van der Waals surface area contributed by atoms with Gasteiger partial charge in [0.2, 0.25) is 0 Å². The third-order valence-electron chi connectivity index (χ3n) is 2.56. The predicted octanol–water partition coefficient (Wildman–Crippen LogP) is 2.92. The van der Waals surface area contributed by atoms with Crippen LogP contribution in [0, 0.1) is 0 Å². The highest BCUT2D eigenvalue weighted by molar-refractivity contribution is 9.10. The molecule has 0 saturated heterocycles. The Balaban J connectivity index is 1.90. The van der Waals surface area contributed by atoms with E-state index in [2.05, 4.69) is 38.3 Å². The fraction of sp³-hybridized carbons (Fsp3) is 0.417. The minimum atomic E-state index is 0.623. The molecule has 1 fully saturated rings. The predicted molar refractivity (Wildman–Crippen MR) is 74.4 cm³/mol. The number of nitrogens with one attached hydrogen (secondary N) is 1. The van der Waals surface area contributed by atoms with Crippen LogP contribution < -0.4 is 5.32 Å². The van der Waals surface area contributed by atoms with Crippen molar-refractivity contribution in [1.29, 1.82) is 0 Å². The maximum atomic E-state index is 5.33. The van der Waals surface area contributed by atoms with Crippen molar-refractivity contribution in [2.45, 2.75) is 25.4 Å². The third kappa shape index (κ3) is 3.46. The highest BCUT2D eigenvalue weighted by atomic mass is 79.9. The minimum Gasteiger partial charge on any atom is -0.360 e. The maximum Gasteiger partial charge on any atom is 0.169 e. The molecule has 86 valence electrons. The minimum absolute atomic E-state index is 0.623. The zero-order chi connectivity index (χ0) is 11.5. The van der Waals surface area contributed by atoms with Gasteiger partial charge in [-0.2, -0.15) is 0 Å². The molecule has 0 aliphatic heterocycles. The molecule has 0 spiro atoms. The molecule has 0 atom stereocenters. The molecule has 0 bridgehead atoms. The van der Waals surface area contributed by atoms with Crippen LogP contribution in [0.2, 0.25) is 0 Å². The third-order valence-corrected chi connectivity index (χ3v) is 3.48. The first-order chi connectivity index (χ1) is 7.65. The first-order valence-corrected chi connectivity index (χ1v) is 6.61. The van der Waals surface area contributed by atoms with Crippen molar-refractivity contribution in [2.24, 2.45) is 0 Å². The van der Waals surface area contributed by atoms with Crippen LogP contribution in [0.4, 0.5) is 0 Å². The lowest BCUT2D eigenvalue weighted by Gasteiger charge is -2.21. The summed E-state index contributed by atoms with van der Waals surface area (Å²) in [5, 5.41) is 4.18. The maximum absolute atomic E-state index is 5.33. The summed E-state index contributed by atoms with van der Waals surface area (Å²) >= 11 is 8.80. The van der Waals surface area contributed by atoms with Gasteiger partial charge in [0.05, 0.1) is 0 Å². The number of thiocarbonyl (C=S) groups is 1. The highest BCUT2D eigenvalue weighted by Crippen LogP contribution is 2.19. The first-order valence-electron chi connectivity index (χ1n) is 5.41. The second-order valence-electron chi connectivity index (χ2n) is 4.21. The van der Waals surface area contributed by atoms with E-state index >= 15 is 0 Å². The van der Waals surface area contributed by atoms with Crippen LogP contribution in [0.1, 0.15) is 18.4 Å². The molecule has 2 rings (SSSR count). The fourth-order valence-corrected chi connectivity index (χ4v) is 2.17. The molecule has 0 unspecified atom stereocenters. The molecule has 0 radical (unpaired) electrons. The van der Waals surface area contributed by atoms with Gasteiger partial charge in [-0.1, -0.05) is 28.1 Å². The molecular weight excluding hydrogens is 284 g/mol. The lowest BCUT2D eigenvalue weighted by Crippen LogP contribution is -2.37. The Morgan fingerprint density at radius 3 is 2.94 bits per heavy atom. The molecule has 1 saturated carbocycles. The number of rotatable bonds is 3. The van der Waals surface area contributed by atoms with E-state index in [1.165, 1.54) is 18.4 Å². The Hall–Kier alpha value is -0.610. The SMILES string of the molecule is CN(Cc1cccc(Br)c1)C(=S)NC1CC1. The Kier molecular flexibility index (Phi) is 3.82. The highest BCUT2D eigenvalue weighted by Gasteiger charge is 2.22. The van der Waals surface area contributed by atoms with Crippen molar-refractivity contribution in [3.8, 4) is 0 Å². The standard InChI is InChI=1S/C12H15BrN2S/c1-15(12(16)14-11-5-6-11)8-9-3-2-4-10(13)7-9/h2-4,7,11H,5-6,8H2,1H3,(H,14,16). The number of hydrogen-bond donors (Lipinski definition) is 1. The Bertz CT molecular complexity index is 390.